The highest BCUT2D eigenvalue weighted by Gasteiger charge is 2.57. The van der Waals surface area contributed by atoms with Gasteiger partial charge in [0.25, 0.3) is 0 Å². The molecule has 0 radical (unpaired) electrons. The van der Waals surface area contributed by atoms with Crippen LogP contribution in [-0.4, -0.2) is 70.7 Å². The zero-order valence-corrected chi connectivity index (χ0v) is 23.2. The Morgan fingerprint density at radius 2 is 0.568 bits per heavy atom. The SMILES string of the molecule is O=C(O[C@@H]1[C@H](OC(=O)c2ccccc2)[C@@H](OC(=O)c2ccccc2)[C@H](O)[C@@H](O)[C@H]1OC(=O)c1ccccc1)c1ccccc1. The summed E-state index contributed by atoms with van der Waals surface area (Å²) in [5.74, 6) is -3.63. The summed E-state index contributed by atoms with van der Waals surface area (Å²) in [7, 11) is 0. The van der Waals surface area contributed by atoms with Crippen LogP contribution in [0.5, 0.6) is 0 Å². The molecule has 2 N–H and O–H groups in total. The second kappa shape index (κ2) is 13.8. The predicted octanol–water partition coefficient (Wildman–Crippen LogP) is 3.62. The zero-order chi connectivity index (χ0) is 31.1. The summed E-state index contributed by atoms with van der Waals surface area (Å²) in [6.45, 7) is 0. The fourth-order valence-electron chi connectivity index (χ4n) is 4.76. The van der Waals surface area contributed by atoms with Crippen molar-refractivity contribution in [2.75, 3.05) is 0 Å². The van der Waals surface area contributed by atoms with Gasteiger partial charge in [-0.25, -0.2) is 19.2 Å². The van der Waals surface area contributed by atoms with E-state index < -0.39 is 60.5 Å². The highest BCUT2D eigenvalue weighted by atomic mass is 16.6. The molecule has 1 aliphatic rings. The molecule has 0 amide bonds. The molecule has 4 aromatic carbocycles. The normalized spacial score (nSPS) is 22.7. The molecule has 1 aliphatic carbocycles. The third kappa shape index (κ3) is 6.83. The van der Waals surface area contributed by atoms with E-state index in [-0.39, 0.29) is 22.3 Å². The van der Waals surface area contributed by atoms with Gasteiger partial charge in [-0.3, -0.25) is 0 Å². The smallest absolute Gasteiger partial charge is 0.338 e. The fourth-order valence-corrected chi connectivity index (χ4v) is 4.76. The average Bonchev–Trinajstić information content (AvgIpc) is 3.08. The maximum atomic E-state index is 13.3. The van der Waals surface area contributed by atoms with Crippen molar-refractivity contribution in [3.8, 4) is 0 Å². The molecule has 0 saturated heterocycles. The quantitative estimate of drug-likeness (QED) is 0.228. The minimum atomic E-state index is -1.93. The minimum Gasteiger partial charge on any atom is -0.452 e. The topological polar surface area (TPSA) is 146 Å². The molecule has 44 heavy (non-hydrogen) atoms. The van der Waals surface area contributed by atoms with Crippen LogP contribution in [0, 0.1) is 0 Å². The van der Waals surface area contributed by atoms with E-state index in [9.17, 15) is 29.4 Å². The lowest BCUT2D eigenvalue weighted by Crippen LogP contribution is -2.67. The summed E-state index contributed by atoms with van der Waals surface area (Å²) in [6, 6.07) is 31.3. The molecule has 6 atom stereocenters. The van der Waals surface area contributed by atoms with Gasteiger partial charge in [0.2, 0.25) is 0 Å². The summed E-state index contributed by atoms with van der Waals surface area (Å²) in [4.78, 5) is 52.8. The first kappa shape index (κ1) is 30.1. The Labute approximate surface area is 252 Å². The van der Waals surface area contributed by atoms with Crippen LogP contribution >= 0.6 is 0 Å². The first-order chi connectivity index (χ1) is 21.3. The van der Waals surface area contributed by atoms with Crippen LogP contribution in [0.2, 0.25) is 0 Å². The van der Waals surface area contributed by atoms with Gasteiger partial charge in [0, 0.05) is 0 Å². The Hall–Kier alpha value is -5.32. The lowest BCUT2D eigenvalue weighted by atomic mass is 9.84. The Bertz CT molecular complexity index is 1460. The Morgan fingerprint density at radius 3 is 0.795 bits per heavy atom. The molecule has 10 heteroatoms. The van der Waals surface area contributed by atoms with Crippen LogP contribution in [-0.2, 0) is 18.9 Å². The van der Waals surface area contributed by atoms with E-state index in [2.05, 4.69) is 0 Å². The lowest BCUT2D eigenvalue weighted by Gasteiger charge is -2.45. The number of esters is 4. The number of aliphatic hydroxyl groups is 2. The van der Waals surface area contributed by atoms with Gasteiger partial charge in [-0.15, -0.1) is 0 Å². The number of benzene rings is 4. The minimum absolute atomic E-state index is 0.104. The number of carbonyl (C=O) groups is 4. The van der Waals surface area contributed by atoms with Crippen molar-refractivity contribution in [1.29, 1.82) is 0 Å². The third-order valence-corrected chi connectivity index (χ3v) is 7.00. The van der Waals surface area contributed by atoms with Gasteiger partial charge in [-0.05, 0) is 48.5 Å². The van der Waals surface area contributed by atoms with Gasteiger partial charge < -0.3 is 29.2 Å². The lowest BCUT2D eigenvalue weighted by molar-refractivity contribution is -0.223. The van der Waals surface area contributed by atoms with E-state index in [1.165, 1.54) is 48.5 Å². The summed E-state index contributed by atoms with van der Waals surface area (Å²) in [5.41, 5.74) is 0.426. The predicted molar refractivity (Wildman–Crippen MR) is 155 cm³/mol. The number of aliphatic hydroxyl groups excluding tert-OH is 2. The van der Waals surface area contributed by atoms with Crippen LogP contribution in [0.3, 0.4) is 0 Å². The highest BCUT2D eigenvalue weighted by Crippen LogP contribution is 2.33. The van der Waals surface area contributed by atoms with Crippen molar-refractivity contribution in [2.24, 2.45) is 0 Å². The molecule has 1 saturated carbocycles. The number of ether oxygens (including phenoxy) is 4. The van der Waals surface area contributed by atoms with Crippen LogP contribution in [0.1, 0.15) is 41.4 Å². The second-order valence-corrected chi connectivity index (χ2v) is 9.92. The highest BCUT2D eigenvalue weighted by molar-refractivity contribution is 5.92. The number of rotatable bonds is 8. The average molecular weight is 597 g/mol. The van der Waals surface area contributed by atoms with E-state index in [0.29, 0.717) is 0 Å². The molecule has 10 nitrogen and oxygen atoms in total. The maximum Gasteiger partial charge on any atom is 0.338 e. The van der Waals surface area contributed by atoms with E-state index >= 15 is 0 Å². The van der Waals surface area contributed by atoms with Gasteiger partial charge >= 0.3 is 23.9 Å². The summed E-state index contributed by atoms with van der Waals surface area (Å²) >= 11 is 0. The van der Waals surface area contributed by atoms with Crippen molar-refractivity contribution >= 4 is 23.9 Å². The van der Waals surface area contributed by atoms with Gasteiger partial charge in [0.15, 0.2) is 24.4 Å². The maximum absolute atomic E-state index is 13.3. The summed E-state index contributed by atoms with van der Waals surface area (Å²) in [5, 5.41) is 22.5. The Kier molecular flexibility index (Phi) is 9.43. The molecule has 5 rings (SSSR count). The van der Waals surface area contributed by atoms with E-state index in [0.717, 1.165) is 0 Å². The van der Waals surface area contributed by atoms with E-state index in [1.54, 1.807) is 72.8 Å². The Morgan fingerprint density at radius 1 is 0.364 bits per heavy atom. The fraction of sp³-hybridized carbons (Fsp3) is 0.176. The van der Waals surface area contributed by atoms with Crippen molar-refractivity contribution < 1.29 is 48.3 Å². The largest absolute Gasteiger partial charge is 0.452 e. The summed E-state index contributed by atoms with van der Waals surface area (Å²) < 4.78 is 22.7. The van der Waals surface area contributed by atoms with E-state index in [4.69, 9.17) is 18.9 Å². The molecular formula is C34H28O10. The molecule has 0 aromatic heterocycles. The van der Waals surface area contributed by atoms with Crippen molar-refractivity contribution in [3.63, 3.8) is 0 Å². The van der Waals surface area contributed by atoms with Gasteiger partial charge in [0.05, 0.1) is 22.3 Å². The van der Waals surface area contributed by atoms with Crippen molar-refractivity contribution in [2.45, 2.75) is 36.6 Å². The molecule has 224 valence electrons. The number of hydrogen-bond donors (Lipinski definition) is 2. The standard InChI is InChI=1S/C34H28O10/c35-25-26(36)28(42-32(38)22-15-7-2-8-16-22)30(44-34(40)24-19-11-4-12-20-24)29(43-33(39)23-17-9-3-10-18-23)27(25)41-31(37)21-13-5-1-6-14-21/h1-20,25-30,35-36H/t25-,26-,27-,28+,29+,30-/m1/s1. The Balaban J connectivity index is 1.55. The zero-order valence-electron chi connectivity index (χ0n) is 23.2. The van der Waals surface area contributed by atoms with Gasteiger partial charge in [-0.1, -0.05) is 72.8 Å². The van der Waals surface area contributed by atoms with Crippen molar-refractivity contribution in [1.82, 2.24) is 0 Å². The van der Waals surface area contributed by atoms with Crippen LogP contribution in [0.15, 0.2) is 121 Å². The van der Waals surface area contributed by atoms with Crippen LogP contribution in [0.25, 0.3) is 0 Å². The molecular weight excluding hydrogens is 568 g/mol. The molecule has 4 aromatic rings. The first-order valence-corrected chi connectivity index (χ1v) is 13.7. The monoisotopic (exact) mass is 596 g/mol. The van der Waals surface area contributed by atoms with Crippen LogP contribution < -0.4 is 0 Å². The van der Waals surface area contributed by atoms with E-state index in [1.807, 2.05) is 0 Å². The van der Waals surface area contributed by atoms with Crippen molar-refractivity contribution in [3.05, 3.63) is 144 Å². The molecule has 0 spiro atoms. The third-order valence-electron chi connectivity index (χ3n) is 7.00. The first-order valence-electron chi connectivity index (χ1n) is 13.7. The molecule has 0 bridgehead atoms. The molecule has 0 aliphatic heterocycles. The summed E-state index contributed by atoms with van der Waals surface area (Å²) in [6.07, 6.45) is -10.8. The molecule has 0 unspecified atom stereocenters. The number of hydrogen-bond acceptors (Lipinski definition) is 10. The van der Waals surface area contributed by atoms with Crippen LogP contribution in [0.4, 0.5) is 0 Å². The molecule has 1 fully saturated rings. The molecule has 0 heterocycles. The number of carbonyl (C=O) groups excluding carboxylic acids is 4. The van der Waals surface area contributed by atoms with Gasteiger partial charge in [0.1, 0.15) is 12.2 Å². The second-order valence-electron chi connectivity index (χ2n) is 9.92. The van der Waals surface area contributed by atoms with Gasteiger partial charge in [-0.2, -0.15) is 0 Å².